The van der Waals surface area contributed by atoms with Crippen molar-refractivity contribution < 1.29 is 22.7 Å². The highest BCUT2D eigenvalue weighted by Gasteiger charge is 2.16. The molecular formula is C18H20N2O5S. The Hall–Kier alpha value is -2.71. The Kier molecular flexibility index (Phi) is 6.48. The van der Waals surface area contributed by atoms with E-state index in [2.05, 4.69) is 10.0 Å². The predicted octanol–water partition coefficient (Wildman–Crippen LogP) is 1.95. The fourth-order valence-electron chi connectivity index (χ4n) is 2.14. The maximum atomic E-state index is 12.0. The number of benzene rings is 2. The molecule has 2 rings (SSSR count). The van der Waals surface area contributed by atoms with Crippen molar-refractivity contribution in [1.82, 2.24) is 4.72 Å². The zero-order chi connectivity index (χ0) is 19.2. The van der Waals surface area contributed by atoms with Gasteiger partial charge in [0.15, 0.2) is 6.61 Å². The summed E-state index contributed by atoms with van der Waals surface area (Å²) in [6, 6.07) is 12.7. The van der Waals surface area contributed by atoms with Gasteiger partial charge in [-0.05, 0) is 49.4 Å². The van der Waals surface area contributed by atoms with Crippen LogP contribution >= 0.6 is 0 Å². The van der Waals surface area contributed by atoms with Crippen LogP contribution in [0, 0.1) is 0 Å². The first kappa shape index (κ1) is 19.6. The second kappa shape index (κ2) is 8.59. The summed E-state index contributed by atoms with van der Waals surface area (Å²) in [5, 5.41) is 2.62. The van der Waals surface area contributed by atoms with Crippen LogP contribution in [-0.4, -0.2) is 33.9 Å². The lowest BCUT2D eigenvalue weighted by molar-refractivity contribution is -0.119. The number of nitrogens with one attached hydrogen (secondary N) is 2. The molecule has 138 valence electrons. The Morgan fingerprint density at radius 2 is 1.77 bits per heavy atom. The molecule has 0 unspecified atom stereocenters. The zero-order valence-corrected chi connectivity index (χ0v) is 15.3. The number of rotatable bonds is 7. The van der Waals surface area contributed by atoms with Crippen LogP contribution in [0.4, 0.5) is 5.69 Å². The Labute approximate surface area is 152 Å². The van der Waals surface area contributed by atoms with Crippen LogP contribution in [0.25, 0.3) is 0 Å². The molecule has 0 heterocycles. The van der Waals surface area contributed by atoms with Gasteiger partial charge in [-0.3, -0.25) is 4.79 Å². The molecule has 0 atom stereocenters. The van der Waals surface area contributed by atoms with Crippen LogP contribution < -0.4 is 10.0 Å². The first-order valence-electron chi connectivity index (χ1n) is 7.95. The van der Waals surface area contributed by atoms with Gasteiger partial charge in [-0.2, -0.15) is 0 Å². The number of anilines is 1. The highest BCUT2D eigenvalue weighted by atomic mass is 32.2. The summed E-state index contributed by atoms with van der Waals surface area (Å²) in [6.45, 7) is 1.56. The maximum absolute atomic E-state index is 12.0. The zero-order valence-electron chi connectivity index (χ0n) is 14.5. The van der Waals surface area contributed by atoms with Gasteiger partial charge in [0.2, 0.25) is 10.0 Å². The van der Waals surface area contributed by atoms with E-state index in [-0.39, 0.29) is 10.5 Å². The van der Waals surface area contributed by atoms with E-state index < -0.39 is 28.5 Å². The molecule has 0 aliphatic carbocycles. The molecule has 0 bridgehead atoms. The van der Waals surface area contributed by atoms with Crippen LogP contribution in [0.2, 0.25) is 0 Å². The van der Waals surface area contributed by atoms with E-state index in [1.165, 1.54) is 31.3 Å². The molecule has 2 aromatic rings. The Bertz CT molecular complexity index is 892. The monoisotopic (exact) mass is 376 g/mol. The number of esters is 1. The van der Waals surface area contributed by atoms with Gasteiger partial charge in [0.05, 0.1) is 10.5 Å². The topological polar surface area (TPSA) is 102 Å². The number of hydrogen-bond acceptors (Lipinski definition) is 5. The minimum atomic E-state index is -3.67. The molecule has 2 N–H and O–H groups in total. The van der Waals surface area contributed by atoms with Gasteiger partial charge in [0, 0.05) is 5.69 Å². The van der Waals surface area contributed by atoms with Gasteiger partial charge < -0.3 is 10.1 Å². The van der Waals surface area contributed by atoms with Crippen LogP contribution in [0.5, 0.6) is 0 Å². The number of aryl methyl sites for hydroxylation is 1. The van der Waals surface area contributed by atoms with E-state index in [0.29, 0.717) is 5.69 Å². The first-order valence-corrected chi connectivity index (χ1v) is 9.43. The highest BCUT2D eigenvalue weighted by molar-refractivity contribution is 7.89. The highest BCUT2D eigenvalue weighted by Crippen LogP contribution is 2.13. The van der Waals surface area contributed by atoms with E-state index in [0.717, 1.165) is 12.0 Å². The number of carbonyl (C=O) groups is 2. The second-order valence-electron chi connectivity index (χ2n) is 5.41. The van der Waals surface area contributed by atoms with Gasteiger partial charge in [-0.1, -0.05) is 25.1 Å². The molecule has 0 radical (unpaired) electrons. The van der Waals surface area contributed by atoms with Crippen LogP contribution in [0.1, 0.15) is 22.8 Å². The summed E-state index contributed by atoms with van der Waals surface area (Å²) in [4.78, 5) is 23.9. The van der Waals surface area contributed by atoms with Crippen molar-refractivity contribution in [3.63, 3.8) is 0 Å². The minimum absolute atomic E-state index is 0.0430. The summed E-state index contributed by atoms with van der Waals surface area (Å²) < 4.78 is 30.6. The van der Waals surface area contributed by atoms with E-state index in [4.69, 9.17) is 4.74 Å². The quantitative estimate of drug-likeness (QED) is 0.719. The molecule has 0 aliphatic rings. The number of sulfonamides is 1. The SMILES string of the molecule is CCc1ccc(NC(=O)COC(=O)c2cccc(S(=O)(=O)NC)c2)cc1. The number of ether oxygens (including phenoxy) is 1. The van der Waals surface area contributed by atoms with Crippen molar-refractivity contribution in [2.75, 3.05) is 19.0 Å². The lowest BCUT2D eigenvalue weighted by Gasteiger charge is -2.08. The summed E-state index contributed by atoms with van der Waals surface area (Å²) in [5.74, 6) is -1.27. The lowest BCUT2D eigenvalue weighted by atomic mass is 10.1. The molecule has 0 aromatic heterocycles. The number of hydrogen-bond donors (Lipinski definition) is 2. The number of amides is 1. The average Bonchev–Trinajstić information content (AvgIpc) is 2.66. The molecule has 7 nitrogen and oxygen atoms in total. The van der Waals surface area contributed by atoms with Crippen molar-refractivity contribution in [3.8, 4) is 0 Å². The third-order valence-electron chi connectivity index (χ3n) is 3.63. The van der Waals surface area contributed by atoms with Gasteiger partial charge in [-0.15, -0.1) is 0 Å². The fourth-order valence-corrected chi connectivity index (χ4v) is 2.92. The Morgan fingerprint density at radius 1 is 1.08 bits per heavy atom. The summed E-state index contributed by atoms with van der Waals surface area (Å²) in [5.41, 5.74) is 1.79. The first-order chi connectivity index (χ1) is 12.4. The molecule has 0 saturated heterocycles. The van der Waals surface area contributed by atoms with Gasteiger partial charge in [0.25, 0.3) is 5.91 Å². The largest absolute Gasteiger partial charge is 0.452 e. The summed E-state index contributed by atoms with van der Waals surface area (Å²) >= 11 is 0. The molecule has 0 fully saturated rings. The predicted molar refractivity (Wildman–Crippen MR) is 97.4 cm³/mol. The molecule has 26 heavy (non-hydrogen) atoms. The van der Waals surface area contributed by atoms with E-state index in [9.17, 15) is 18.0 Å². The average molecular weight is 376 g/mol. The molecular weight excluding hydrogens is 356 g/mol. The fraction of sp³-hybridized carbons (Fsp3) is 0.222. The normalized spacial score (nSPS) is 11.0. The molecule has 1 amide bonds. The van der Waals surface area contributed by atoms with Crippen LogP contribution in [-0.2, 0) is 26.0 Å². The van der Waals surface area contributed by atoms with Crippen LogP contribution in [0.3, 0.4) is 0 Å². The van der Waals surface area contributed by atoms with Gasteiger partial charge in [0.1, 0.15) is 0 Å². The van der Waals surface area contributed by atoms with Crippen molar-refractivity contribution >= 4 is 27.6 Å². The summed E-state index contributed by atoms with van der Waals surface area (Å²) in [7, 11) is -2.39. The Morgan fingerprint density at radius 3 is 2.38 bits per heavy atom. The maximum Gasteiger partial charge on any atom is 0.338 e. The van der Waals surface area contributed by atoms with Crippen molar-refractivity contribution in [2.45, 2.75) is 18.2 Å². The Balaban J connectivity index is 1.95. The molecule has 0 aliphatic heterocycles. The number of carbonyl (C=O) groups excluding carboxylic acids is 2. The van der Waals surface area contributed by atoms with Crippen molar-refractivity contribution in [2.24, 2.45) is 0 Å². The molecule has 0 spiro atoms. The van der Waals surface area contributed by atoms with E-state index in [1.807, 2.05) is 19.1 Å². The van der Waals surface area contributed by atoms with Gasteiger partial charge in [-0.25, -0.2) is 17.9 Å². The van der Waals surface area contributed by atoms with Gasteiger partial charge >= 0.3 is 5.97 Å². The second-order valence-corrected chi connectivity index (χ2v) is 7.30. The molecule has 8 heteroatoms. The summed E-state index contributed by atoms with van der Waals surface area (Å²) in [6.07, 6.45) is 0.897. The third-order valence-corrected chi connectivity index (χ3v) is 5.04. The smallest absolute Gasteiger partial charge is 0.338 e. The minimum Gasteiger partial charge on any atom is -0.452 e. The third kappa shape index (κ3) is 5.14. The molecule has 2 aromatic carbocycles. The van der Waals surface area contributed by atoms with E-state index >= 15 is 0 Å². The van der Waals surface area contributed by atoms with Crippen molar-refractivity contribution in [3.05, 3.63) is 59.7 Å². The van der Waals surface area contributed by atoms with Crippen molar-refractivity contribution in [1.29, 1.82) is 0 Å². The standard InChI is InChI=1S/C18H20N2O5S/c1-3-13-7-9-15(10-8-13)20-17(21)12-25-18(22)14-5-4-6-16(11-14)26(23,24)19-2/h4-11,19H,3,12H2,1-2H3,(H,20,21). The van der Waals surface area contributed by atoms with E-state index in [1.54, 1.807) is 12.1 Å². The molecule has 0 saturated carbocycles. The van der Waals surface area contributed by atoms with Crippen LogP contribution in [0.15, 0.2) is 53.4 Å². The lowest BCUT2D eigenvalue weighted by Crippen LogP contribution is -2.21.